The molecule has 0 bridgehead atoms. The number of carbonyl (C=O) groups excluding carboxylic acids is 1. The molecular formula is C44H54N10O. The zero-order valence-electron chi connectivity index (χ0n) is 32.8. The van der Waals surface area contributed by atoms with Crippen molar-refractivity contribution in [1.82, 2.24) is 48.4 Å². The molecule has 0 aliphatic carbocycles. The fourth-order valence-corrected chi connectivity index (χ4v) is 8.54. The lowest BCUT2D eigenvalue weighted by Crippen LogP contribution is -2.46. The quantitative estimate of drug-likeness (QED) is 0.118. The van der Waals surface area contributed by atoms with Crippen molar-refractivity contribution in [2.45, 2.75) is 83.8 Å². The molecule has 1 unspecified atom stereocenters. The van der Waals surface area contributed by atoms with Gasteiger partial charge in [0, 0.05) is 80.7 Å². The first-order valence-corrected chi connectivity index (χ1v) is 20.0. The molecular weight excluding hydrogens is 685 g/mol. The summed E-state index contributed by atoms with van der Waals surface area (Å²) < 4.78 is 6.49. The summed E-state index contributed by atoms with van der Waals surface area (Å²) in [6.07, 6.45) is 10.7. The number of benzene rings is 2. The first kappa shape index (κ1) is 36.7. The van der Waals surface area contributed by atoms with Gasteiger partial charge in [-0.25, -0.2) is 24.3 Å². The van der Waals surface area contributed by atoms with Crippen molar-refractivity contribution < 1.29 is 4.79 Å². The molecule has 4 aromatic heterocycles. The van der Waals surface area contributed by atoms with E-state index >= 15 is 0 Å². The summed E-state index contributed by atoms with van der Waals surface area (Å²) in [7, 11) is 1.95. The molecule has 2 aliphatic rings. The summed E-state index contributed by atoms with van der Waals surface area (Å²) >= 11 is 0. The van der Waals surface area contributed by atoms with Crippen LogP contribution in [0.1, 0.15) is 62.7 Å². The molecule has 0 saturated carbocycles. The molecule has 1 atom stereocenters. The molecule has 55 heavy (non-hydrogen) atoms. The summed E-state index contributed by atoms with van der Waals surface area (Å²) in [5.41, 5.74) is 5.63. The van der Waals surface area contributed by atoms with Crippen LogP contribution in [0.25, 0.3) is 28.2 Å². The van der Waals surface area contributed by atoms with Crippen LogP contribution in [0.4, 0.5) is 4.79 Å². The Labute approximate surface area is 324 Å². The average molecular weight is 739 g/mol. The topological polar surface area (TPSA) is 92.6 Å². The summed E-state index contributed by atoms with van der Waals surface area (Å²) in [5, 5.41) is 4.77. The van der Waals surface area contributed by atoms with Gasteiger partial charge in [-0.1, -0.05) is 87.0 Å². The second-order valence-electron chi connectivity index (χ2n) is 15.9. The van der Waals surface area contributed by atoms with E-state index in [-0.39, 0.29) is 12.1 Å². The predicted octanol–water partition coefficient (Wildman–Crippen LogP) is 7.14. The van der Waals surface area contributed by atoms with E-state index < -0.39 is 5.41 Å². The number of hydrogen-bond donors (Lipinski definition) is 0. The largest absolute Gasteiger partial charge is 0.334 e. The lowest BCUT2D eigenvalue weighted by Gasteiger charge is -2.35. The van der Waals surface area contributed by atoms with E-state index in [0.717, 1.165) is 70.8 Å². The SMILES string of the molecule is Cc1cccc2nc(CCc3nc(-c4ccccc4)cn3CCN3CC(C(C)(C)c4nc(-c5ccccc5)cn4CCCN4CCCCC4)N(C)C3=O)nn12. The molecule has 2 aliphatic heterocycles. The van der Waals surface area contributed by atoms with Crippen LogP contribution in [-0.4, -0.2) is 100 Å². The van der Waals surface area contributed by atoms with Gasteiger partial charge in [-0.05, 0) is 58.0 Å². The minimum absolute atomic E-state index is 0.0430. The lowest BCUT2D eigenvalue weighted by atomic mass is 9.83. The van der Waals surface area contributed by atoms with Crippen molar-refractivity contribution in [1.29, 1.82) is 0 Å². The highest BCUT2D eigenvalue weighted by Gasteiger charge is 2.46. The van der Waals surface area contributed by atoms with Crippen molar-refractivity contribution in [3.8, 4) is 22.5 Å². The molecule has 0 radical (unpaired) electrons. The normalized spacial score (nSPS) is 16.9. The van der Waals surface area contributed by atoms with Gasteiger partial charge in [0.15, 0.2) is 11.5 Å². The standard InChI is InChI=1S/C44H54N10O/c1-33-16-14-21-41-47-39(48-54(33)41)22-23-40-45-36(34-17-8-5-9-18-34)30-51(40)28-29-53-32-38(49(4)43(53)55)44(2,3)42-46-37(35-19-10-6-11-20-35)31-52(42)27-15-26-50-24-12-7-13-25-50/h5-6,8-11,14,16-21,30-31,38H,7,12-13,15,22-29,32H2,1-4H3. The number of hydrogen-bond acceptors (Lipinski definition) is 6. The van der Waals surface area contributed by atoms with Gasteiger partial charge in [-0.3, -0.25) is 0 Å². The Hall–Kier alpha value is -5.29. The van der Waals surface area contributed by atoms with Crippen LogP contribution in [0.5, 0.6) is 0 Å². The Morgan fingerprint density at radius 3 is 2.13 bits per heavy atom. The number of urea groups is 1. The molecule has 2 fully saturated rings. The number of nitrogens with zero attached hydrogens (tertiary/aromatic N) is 10. The van der Waals surface area contributed by atoms with E-state index in [1.54, 1.807) is 0 Å². The van der Waals surface area contributed by atoms with Crippen LogP contribution in [0.15, 0.2) is 91.3 Å². The first-order chi connectivity index (χ1) is 26.7. The summed E-state index contributed by atoms with van der Waals surface area (Å²) in [5.74, 6) is 2.80. The van der Waals surface area contributed by atoms with Crippen molar-refractivity contribution in [3.05, 3.63) is 114 Å². The second-order valence-corrected chi connectivity index (χ2v) is 15.9. The number of fused-ring (bicyclic) bond motifs is 1. The van der Waals surface area contributed by atoms with E-state index in [1.807, 2.05) is 70.8 Å². The molecule has 286 valence electrons. The van der Waals surface area contributed by atoms with Gasteiger partial charge in [0.1, 0.15) is 11.6 Å². The van der Waals surface area contributed by atoms with Crippen LogP contribution in [0, 0.1) is 6.92 Å². The van der Waals surface area contributed by atoms with Gasteiger partial charge in [-0.15, -0.1) is 0 Å². The van der Waals surface area contributed by atoms with Crippen molar-refractivity contribution in [2.75, 3.05) is 39.8 Å². The number of imidazole rings is 2. The molecule has 6 heterocycles. The number of aryl methyl sites for hydroxylation is 4. The average Bonchev–Trinajstić information content (AvgIpc) is 4.00. The Morgan fingerprint density at radius 2 is 1.42 bits per heavy atom. The third-order valence-electron chi connectivity index (χ3n) is 11.7. The van der Waals surface area contributed by atoms with Crippen molar-refractivity contribution in [2.24, 2.45) is 0 Å². The van der Waals surface area contributed by atoms with Gasteiger partial charge in [-0.2, -0.15) is 5.10 Å². The number of rotatable bonds is 14. The number of likely N-dealkylation sites (tertiary alicyclic amines) is 1. The van der Waals surface area contributed by atoms with Gasteiger partial charge >= 0.3 is 6.03 Å². The van der Waals surface area contributed by atoms with Crippen LogP contribution < -0.4 is 0 Å². The summed E-state index contributed by atoms with van der Waals surface area (Å²) in [6, 6.07) is 26.8. The van der Waals surface area contributed by atoms with Crippen molar-refractivity contribution in [3.63, 3.8) is 0 Å². The Balaban J connectivity index is 0.999. The van der Waals surface area contributed by atoms with E-state index in [1.165, 1.54) is 32.4 Å². The zero-order valence-corrected chi connectivity index (χ0v) is 32.8. The highest BCUT2D eigenvalue weighted by atomic mass is 16.2. The van der Waals surface area contributed by atoms with Crippen LogP contribution in [0.2, 0.25) is 0 Å². The van der Waals surface area contributed by atoms with E-state index in [4.69, 9.17) is 20.1 Å². The third-order valence-corrected chi connectivity index (χ3v) is 11.7. The number of likely N-dealkylation sites (N-methyl/N-ethyl adjacent to an activating group) is 1. The zero-order chi connectivity index (χ0) is 37.9. The molecule has 2 saturated heterocycles. The first-order valence-electron chi connectivity index (χ1n) is 20.0. The molecule has 0 N–H and O–H groups in total. The molecule has 8 rings (SSSR count). The van der Waals surface area contributed by atoms with Crippen LogP contribution >= 0.6 is 0 Å². The number of aromatic nitrogens is 7. The minimum atomic E-state index is -0.391. The number of pyridine rings is 1. The fraction of sp³-hybridized carbons (Fsp3) is 0.432. The Morgan fingerprint density at radius 1 is 0.727 bits per heavy atom. The maximum atomic E-state index is 14.0. The van der Waals surface area contributed by atoms with Gasteiger partial charge in [0.2, 0.25) is 0 Å². The monoisotopic (exact) mass is 738 g/mol. The second kappa shape index (κ2) is 15.8. The summed E-state index contributed by atoms with van der Waals surface area (Å²) in [6.45, 7) is 12.8. The number of piperidine rings is 1. The highest BCUT2D eigenvalue weighted by Crippen LogP contribution is 2.35. The third kappa shape index (κ3) is 7.80. The lowest BCUT2D eigenvalue weighted by molar-refractivity contribution is 0.184. The van der Waals surface area contributed by atoms with Crippen molar-refractivity contribution >= 4 is 11.7 Å². The van der Waals surface area contributed by atoms with Crippen LogP contribution in [0.3, 0.4) is 0 Å². The molecule has 2 amide bonds. The molecule has 6 aromatic rings. The maximum absolute atomic E-state index is 14.0. The van der Waals surface area contributed by atoms with E-state index in [0.29, 0.717) is 32.5 Å². The highest BCUT2D eigenvalue weighted by molar-refractivity contribution is 5.77. The number of amides is 2. The number of carbonyl (C=O) groups is 1. The van der Waals surface area contributed by atoms with Gasteiger partial charge in [0.25, 0.3) is 0 Å². The molecule has 11 nitrogen and oxygen atoms in total. The molecule has 2 aromatic carbocycles. The Bertz CT molecular complexity index is 2210. The summed E-state index contributed by atoms with van der Waals surface area (Å²) in [4.78, 5) is 35.7. The maximum Gasteiger partial charge on any atom is 0.320 e. The smallest absolute Gasteiger partial charge is 0.320 e. The van der Waals surface area contributed by atoms with Gasteiger partial charge in [0.05, 0.1) is 17.4 Å². The fourth-order valence-electron chi connectivity index (χ4n) is 8.54. The minimum Gasteiger partial charge on any atom is -0.334 e. The molecule has 0 spiro atoms. The van der Waals surface area contributed by atoms with E-state index in [2.05, 4.69) is 76.7 Å². The molecule has 11 heteroatoms. The van der Waals surface area contributed by atoms with Crippen LogP contribution in [-0.2, 0) is 31.3 Å². The Kier molecular flexibility index (Phi) is 10.6. The van der Waals surface area contributed by atoms with Gasteiger partial charge < -0.3 is 23.8 Å². The van der Waals surface area contributed by atoms with E-state index in [9.17, 15) is 4.79 Å². The predicted molar refractivity (Wildman–Crippen MR) is 217 cm³/mol.